The van der Waals surface area contributed by atoms with Gasteiger partial charge in [-0.3, -0.25) is 9.59 Å². The number of nitrogens with one attached hydrogen (secondary N) is 1. The van der Waals surface area contributed by atoms with E-state index in [9.17, 15) is 9.59 Å². The van der Waals surface area contributed by atoms with Crippen LogP contribution in [0.5, 0.6) is 5.75 Å². The van der Waals surface area contributed by atoms with E-state index in [0.717, 1.165) is 24.2 Å². The maximum atomic E-state index is 11.7. The van der Waals surface area contributed by atoms with E-state index in [2.05, 4.69) is 17.0 Å². The van der Waals surface area contributed by atoms with E-state index in [1.54, 1.807) is 6.08 Å². The summed E-state index contributed by atoms with van der Waals surface area (Å²) in [5, 5.41) is 2.73. The van der Waals surface area contributed by atoms with E-state index < -0.39 is 0 Å². The number of amides is 1. The second-order valence-electron chi connectivity index (χ2n) is 5.04. The normalized spacial score (nSPS) is 10.5. The summed E-state index contributed by atoms with van der Waals surface area (Å²) in [7, 11) is 1.35. The van der Waals surface area contributed by atoms with Crippen molar-refractivity contribution in [1.82, 2.24) is 5.32 Å². The van der Waals surface area contributed by atoms with Gasteiger partial charge in [-0.2, -0.15) is 0 Å². The van der Waals surface area contributed by atoms with E-state index in [-0.39, 0.29) is 11.9 Å². The molecule has 0 saturated carbocycles. The number of carbonyl (C=O) groups is 2. The maximum absolute atomic E-state index is 11.7. The number of hydrogen-bond donors (Lipinski definition) is 1. The SMILES string of the molecule is CCCCOc1ccccc1/C=C/C(=O)NCCCC(=O)OC. The van der Waals surface area contributed by atoms with Gasteiger partial charge in [-0.05, 0) is 25.0 Å². The van der Waals surface area contributed by atoms with Gasteiger partial charge >= 0.3 is 5.97 Å². The summed E-state index contributed by atoms with van der Waals surface area (Å²) < 4.78 is 10.2. The van der Waals surface area contributed by atoms with Crippen molar-refractivity contribution in [2.45, 2.75) is 32.6 Å². The summed E-state index contributed by atoms with van der Waals surface area (Å²) in [6.45, 7) is 3.22. The van der Waals surface area contributed by atoms with Crippen LogP contribution in [-0.4, -0.2) is 32.1 Å². The van der Waals surface area contributed by atoms with Crippen molar-refractivity contribution in [1.29, 1.82) is 0 Å². The van der Waals surface area contributed by atoms with Gasteiger partial charge in [0, 0.05) is 24.6 Å². The third-order valence-corrected chi connectivity index (χ3v) is 3.17. The van der Waals surface area contributed by atoms with E-state index in [1.807, 2.05) is 24.3 Å². The molecule has 0 aliphatic carbocycles. The minimum absolute atomic E-state index is 0.196. The molecule has 1 N–H and O–H groups in total. The van der Waals surface area contributed by atoms with Crippen molar-refractivity contribution in [3.8, 4) is 5.75 Å². The summed E-state index contributed by atoms with van der Waals surface area (Å²) in [5.41, 5.74) is 0.869. The van der Waals surface area contributed by atoms with Crippen molar-refractivity contribution in [2.24, 2.45) is 0 Å². The van der Waals surface area contributed by atoms with Gasteiger partial charge in [0.1, 0.15) is 5.75 Å². The van der Waals surface area contributed by atoms with Gasteiger partial charge in [0.2, 0.25) is 5.91 Å². The van der Waals surface area contributed by atoms with Crippen LogP contribution in [0.15, 0.2) is 30.3 Å². The van der Waals surface area contributed by atoms with Gasteiger partial charge in [-0.15, -0.1) is 0 Å². The molecule has 1 rings (SSSR count). The van der Waals surface area contributed by atoms with Crippen LogP contribution >= 0.6 is 0 Å². The predicted octanol–water partition coefficient (Wildman–Crippen LogP) is 2.95. The molecule has 126 valence electrons. The molecule has 23 heavy (non-hydrogen) atoms. The van der Waals surface area contributed by atoms with Crippen LogP contribution < -0.4 is 10.1 Å². The fourth-order valence-electron chi connectivity index (χ4n) is 1.85. The third-order valence-electron chi connectivity index (χ3n) is 3.17. The Morgan fingerprint density at radius 1 is 1.22 bits per heavy atom. The van der Waals surface area contributed by atoms with Crippen molar-refractivity contribution < 1.29 is 19.1 Å². The summed E-state index contributed by atoms with van der Waals surface area (Å²) >= 11 is 0. The van der Waals surface area contributed by atoms with Crippen LogP contribution in [0.2, 0.25) is 0 Å². The number of unbranched alkanes of at least 4 members (excludes halogenated alkanes) is 1. The van der Waals surface area contributed by atoms with Crippen LogP contribution in [0.25, 0.3) is 6.08 Å². The highest BCUT2D eigenvalue weighted by Crippen LogP contribution is 2.19. The quantitative estimate of drug-likeness (QED) is 0.409. The van der Waals surface area contributed by atoms with Crippen molar-refractivity contribution >= 4 is 18.0 Å². The number of esters is 1. The number of benzene rings is 1. The highest BCUT2D eigenvalue weighted by molar-refractivity contribution is 5.92. The molecule has 1 aromatic rings. The largest absolute Gasteiger partial charge is 0.493 e. The van der Waals surface area contributed by atoms with E-state index in [4.69, 9.17) is 4.74 Å². The first-order valence-corrected chi connectivity index (χ1v) is 7.92. The number of carbonyl (C=O) groups excluding carboxylic acids is 2. The lowest BCUT2D eigenvalue weighted by Crippen LogP contribution is -2.22. The second kappa shape index (κ2) is 11.3. The van der Waals surface area contributed by atoms with Gasteiger partial charge in [-0.25, -0.2) is 0 Å². The van der Waals surface area contributed by atoms with Gasteiger partial charge < -0.3 is 14.8 Å². The molecule has 0 bridgehead atoms. The number of ether oxygens (including phenoxy) is 2. The zero-order chi connectivity index (χ0) is 16.9. The average Bonchev–Trinajstić information content (AvgIpc) is 2.57. The van der Waals surface area contributed by atoms with E-state index in [0.29, 0.717) is 26.0 Å². The zero-order valence-electron chi connectivity index (χ0n) is 13.8. The molecule has 0 fully saturated rings. The summed E-state index contributed by atoms with van der Waals surface area (Å²) in [6, 6.07) is 7.61. The lowest BCUT2D eigenvalue weighted by Gasteiger charge is -2.08. The van der Waals surface area contributed by atoms with Crippen LogP contribution in [0.4, 0.5) is 0 Å². The molecule has 0 heterocycles. The monoisotopic (exact) mass is 319 g/mol. The molecule has 1 aromatic carbocycles. The molecular weight excluding hydrogens is 294 g/mol. The van der Waals surface area contributed by atoms with Crippen LogP contribution in [0.1, 0.15) is 38.2 Å². The smallest absolute Gasteiger partial charge is 0.305 e. The van der Waals surface area contributed by atoms with E-state index >= 15 is 0 Å². The molecule has 0 aliphatic rings. The van der Waals surface area contributed by atoms with Crippen molar-refractivity contribution in [3.05, 3.63) is 35.9 Å². The Balaban J connectivity index is 2.43. The van der Waals surface area contributed by atoms with Gasteiger partial charge in [0.05, 0.1) is 13.7 Å². The Kier molecular flexibility index (Phi) is 9.20. The van der Waals surface area contributed by atoms with Crippen LogP contribution in [0, 0.1) is 0 Å². The summed E-state index contributed by atoms with van der Waals surface area (Å²) in [4.78, 5) is 22.7. The minimum Gasteiger partial charge on any atom is -0.493 e. The fraction of sp³-hybridized carbons (Fsp3) is 0.444. The standard InChI is InChI=1S/C18H25NO4/c1-3-4-14-23-16-9-6-5-8-15(16)11-12-17(20)19-13-7-10-18(21)22-2/h5-6,8-9,11-12H,3-4,7,10,13-14H2,1-2H3,(H,19,20)/b12-11+. The molecule has 0 radical (unpaired) electrons. The van der Waals surface area contributed by atoms with Crippen molar-refractivity contribution in [2.75, 3.05) is 20.3 Å². The highest BCUT2D eigenvalue weighted by Gasteiger charge is 2.02. The molecule has 1 amide bonds. The third kappa shape index (κ3) is 8.04. The molecule has 5 heteroatoms. The number of hydrogen-bond acceptors (Lipinski definition) is 4. The first-order valence-electron chi connectivity index (χ1n) is 7.92. The zero-order valence-corrected chi connectivity index (χ0v) is 13.8. The molecule has 0 aliphatic heterocycles. The topological polar surface area (TPSA) is 64.6 Å². The lowest BCUT2D eigenvalue weighted by atomic mass is 10.2. The summed E-state index contributed by atoms with van der Waals surface area (Å²) in [6.07, 6.45) is 6.14. The molecular formula is C18H25NO4. The molecule has 0 aromatic heterocycles. The molecule has 5 nitrogen and oxygen atoms in total. The van der Waals surface area contributed by atoms with Crippen LogP contribution in [-0.2, 0) is 14.3 Å². The molecule has 0 saturated heterocycles. The molecule has 0 unspecified atom stereocenters. The number of para-hydroxylation sites is 1. The maximum Gasteiger partial charge on any atom is 0.305 e. The predicted molar refractivity (Wildman–Crippen MR) is 90.1 cm³/mol. The van der Waals surface area contributed by atoms with Crippen molar-refractivity contribution in [3.63, 3.8) is 0 Å². The minimum atomic E-state index is -0.270. The number of rotatable bonds is 10. The highest BCUT2D eigenvalue weighted by atomic mass is 16.5. The Hall–Kier alpha value is -2.30. The molecule has 0 atom stereocenters. The van der Waals surface area contributed by atoms with Gasteiger partial charge in [0.15, 0.2) is 0 Å². The fourth-order valence-corrected chi connectivity index (χ4v) is 1.85. The first-order chi connectivity index (χ1) is 11.2. The lowest BCUT2D eigenvalue weighted by molar-refractivity contribution is -0.140. The Morgan fingerprint density at radius 3 is 2.74 bits per heavy atom. The van der Waals surface area contributed by atoms with Crippen LogP contribution in [0.3, 0.4) is 0 Å². The molecule has 0 spiro atoms. The average molecular weight is 319 g/mol. The number of methoxy groups -OCH3 is 1. The Bertz CT molecular complexity index is 526. The van der Waals surface area contributed by atoms with E-state index in [1.165, 1.54) is 13.2 Å². The van der Waals surface area contributed by atoms with Gasteiger partial charge in [-0.1, -0.05) is 31.5 Å². The van der Waals surface area contributed by atoms with Gasteiger partial charge in [0.25, 0.3) is 0 Å². The second-order valence-corrected chi connectivity index (χ2v) is 5.04. The Labute approximate surface area is 137 Å². The first kappa shape index (κ1) is 18.7. The Morgan fingerprint density at radius 2 is 2.00 bits per heavy atom. The summed E-state index contributed by atoms with van der Waals surface area (Å²) in [5.74, 6) is 0.307.